The van der Waals surface area contributed by atoms with Gasteiger partial charge in [0.15, 0.2) is 9.88 Å². The number of anilines is 2. The zero-order valence-electron chi connectivity index (χ0n) is 13.9. The first-order valence-electron chi connectivity index (χ1n) is 7.82. The van der Waals surface area contributed by atoms with E-state index in [-0.39, 0.29) is 11.7 Å². The van der Waals surface area contributed by atoms with E-state index in [4.69, 9.17) is 0 Å². The Balaban J connectivity index is 1.65. The molecule has 0 fully saturated rings. The van der Waals surface area contributed by atoms with Crippen LogP contribution in [-0.2, 0) is 9.59 Å². The van der Waals surface area contributed by atoms with Crippen molar-refractivity contribution in [2.24, 2.45) is 0 Å². The number of hydrogen-bond acceptors (Lipinski definition) is 5. The number of thioether (sulfide) groups is 1. The first-order chi connectivity index (χ1) is 12.4. The summed E-state index contributed by atoms with van der Waals surface area (Å²) < 4.78 is 12.7. The predicted molar refractivity (Wildman–Crippen MR) is 102 cm³/mol. The molecular weight excluding hydrogens is 373 g/mol. The van der Waals surface area contributed by atoms with Gasteiger partial charge in [-0.3, -0.25) is 9.59 Å². The molecular formula is C18H14FN3O2S2. The van der Waals surface area contributed by atoms with Crippen LogP contribution in [0.1, 0.15) is 6.92 Å². The molecule has 2 amide bonds. The van der Waals surface area contributed by atoms with E-state index in [1.165, 1.54) is 40.1 Å². The summed E-state index contributed by atoms with van der Waals surface area (Å²) in [5.41, 5.74) is 1.38. The van der Waals surface area contributed by atoms with E-state index in [0.29, 0.717) is 15.3 Å². The number of aromatic nitrogens is 1. The number of nitrogens with zero attached hydrogens (tertiary/aromatic N) is 2. The second-order valence-corrected chi connectivity index (χ2v) is 8.54. The highest BCUT2D eigenvalue weighted by Crippen LogP contribution is 2.45. The molecule has 132 valence electrons. The van der Waals surface area contributed by atoms with Gasteiger partial charge in [-0.15, -0.1) is 0 Å². The Morgan fingerprint density at radius 1 is 1.27 bits per heavy atom. The van der Waals surface area contributed by atoms with Crippen LogP contribution in [0.25, 0.3) is 10.2 Å². The molecule has 2 heterocycles. The summed E-state index contributed by atoms with van der Waals surface area (Å²) in [5.74, 6) is -1.11. The third kappa shape index (κ3) is 2.65. The van der Waals surface area contributed by atoms with Gasteiger partial charge in [0.05, 0.1) is 15.9 Å². The Morgan fingerprint density at radius 2 is 2.04 bits per heavy atom. The van der Waals surface area contributed by atoms with Crippen LogP contribution >= 0.6 is 23.1 Å². The lowest BCUT2D eigenvalue weighted by molar-refractivity contribution is -0.128. The predicted octanol–water partition coefficient (Wildman–Crippen LogP) is 3.90. The smallest absolute Gasteiger partial charge is 0.252 e. The molecule has 0 spiro atoms. The topological polar surface area (TPSA) is 62.3 Å². The lowest BCUT2D eigenvalue weighted by Gasteiger charge is -2.36. The van der Waals surface area contributed by atoms with Crippen molar-refractivity contribution in [2.45, 2.75) is 16.6 Å². The molecule has 1 aliphatic heterocycles. The number of carbonyl (C=O) groups excluding carboxylic acids is 2. The molecule has 0 bridgehead atoms. The summed E-state index contributed by atoms with van der Waals surface area (Å²) in [5, 5.41) is 3.06. The molecule has 26 heavy (non-hydrogen) atoms. The molecule has 1 unspecified atom stereocenters. The molecule has 0 saturated heterocycles. The third-order valence-electron chi connectivity index (χ3n) is 4.26. The van der Waals surface area contributed by atoms with E-state index < -0.39 is 10.7 Å². The molecule has 1 N–H and O–H groups in total. The van der Waals surface area contributed by atoms with Crippen LogP contribution in [0.15, 0.2) is 47.4 Å². The van der Waals surface area contributed by atoms with E-state index in [2.05, 4.69) is 10.3 Å². The molecule has 2 aromatic carbocycles. The van der Waals surface area contributed by atoms with E-state index >= 15 is 0 Å². The number of fused-ring (bicyclic) bond motifs is 2. The van der Waals surface area contributed by atoms with Crippen molar-refractivity contribution >= 4 is 55.9 Å². The summed E-state index contributed by atoms with van der Waals surface area (Å²) in [6, 6.07) is 11.7. The lowest BCUT2D eigenvalue weighted by atomic mass is 10.1. The molecule has 4 rings (SSSR count). The summed E-state index contributed by atoms with van der Waals surface area (Å²) in [6.45, 7) is 1.61. The molecule has 0 radical (unpaired) electrons. The SMILES string of the molecule is CN1C(=O)C(C)(C(=O)Nc2nc3ccc(F)cc3s2)Sc2ccccc21. The van der Waals surface area contributed by atoms with Gasteiger partial charge >= 0.3 is 0 Å². The molecule has 0 saturated carbocycles. The number of amides is 2. The maximum atomic E-state index is 13.3. The van der Waals surface area contributed by atoms with Crippen molar-refractivity contribution < 1.29 is 14.0 Å². The highest BCUT2D eigenvalue weighted by molar-refractivity contribution is 8.02. The Hall–Kier alpha value is -2.45. The van der Waals surface area contributed by atoms with Gasteiger partial charge in [0, 0.05) is 11.9 Å². The highest BCUT2D eigenvalue weighted by atomic mass is 32.2. The summed E-state index contributed by atoms with van der Waals surface area (Å²) in [7, 11) is 1.66. The van der Waals surface area contributed by atoms with Crippen LogP contribution in [0.3, 0.4) is 0 Å². The monoisotopic (exact) mass is 387 g/mol. The average Bonchev–Trinajstić information content (AvgIpc) is 3.01. The lowest BCUT2D eigenvalue weighted by Crippen LogP contribution is -2.53. The molecule has 8 heteroatoms. The number of carbonyl (C=O) groups is 2. The number of halogens is 1. The van der Waals surface area contributed by atoms with E-state index in [1.54, 1.807) is 20.0 Å². The fourth-order valence-electron chi connectivity index (χ4n) is 2.83. The van der Waals surface area contributed by atoms with Crippen molar-refractivity contribution in [3.05, 3.63) is 48.3 Å². The van der Waals surface area contributed by atoms with Gasteiger partial charge in [-0.05, 0) is 37.3 Å². The van der Waals surface area contributed by atoms with E-state index in [9.17, 15) is 14.0 Å². The summed E-state index contributed by atoms with van der Waals surface area (Å²) in [4.78, 5) is 32.4. The minimum Gasteiger partial charge on any atom is -0.313 e. The summed E-state index contributed by atoms with van der Waals surface area (Å²) >= 11 is 2.39. The Morgan fingerprint density at radius 3 is 2.85 bits per heavy atom. The molecule has 3 aromatic rings. The fourth-order valence-corrected chi connectivity index (χ4v) is 4.98. The fraction of sp³-hybridized carbons (Fsp3) is 0.167. The van der Waals surface area contributed by atoms with Crippen LogP contribution in [0.2, 0.25) is 0 Å². The molecule has 1 atom stereocenters. The second-order valence-electron chi connectivity index (χ2n) is 6.05. The number of hydrogen-bond donors (Lipinski definition) is 1. The first kappa shape index (κ1) is 17.0. The van der Waals surface area contributed by atoms with Crippen LogP contribution in [0.5, 0.6) is 0 Å². The van der Waals surface area contributed by atoms with Gasteiger partial charge in [0.1, 0.15) is 5.82 Å². The zero-order chi connectivity index (χ0) is 18.5. The molecule has 0 aliphatic carbocycles. The van der Waals surface area contributed by atoms with Gasteiger partial charge in [-0.1, -0.05) is 35.2 Å². The Kier molecular flexibility index (Phi) is 3.96. The number of benzene rings is 2. The average molecular weight is 387 g/mol. The van der Waals surface area contributed by atoms with Crippen molar-refractivity contribution in [3.63, 3.8) is 0 Å². The van der Waals surface area contributed by atoms with Crippen LogP contribution in [-0.4, -0.2) is 28.6 Å². The number of thiazole rings is 1. The normalized spacial score (nSPS) is 19.5. The molecule has 1 aliphatic rings. The van der Waals surface area contributed by atoms with Gasteiger partial charge in [-0.25, -0.2) is 9.37 Å². The second kappa shape index (κ2) is 6.07. The van der Waals surface area contributed by atoms with Gasteiger partial charge < -0.3 is 10.2 Å². The number of nitrogens with one attached hydrogen (secondary N) is 1. The quantitative estimate of drug-likeness (QED) is 0.678. The minimum absolute atomic E-state index is 0.300. The van der Waals surface area contributed by atoms with Gasteiger partial charge in [0.25, 0.3) is 11.8 Å². The number of para-hydroxylation sites is 1. The standard InChI is InChI=1S/C18H14FN3O2S2/c1-18(16(24)22(2)12-5-3-4-6-13(12)26-18)15(23)21-17-20-11-8-7-10(19)9-14(11)25-17/h3-9H,1-2H3,(H,20,21,23). The van der Waals surface area contributed by atoms with E-state index in [1.807, 2.05) is 24.3 Å². The maximum absolute atomic E-state index is 13.3. The highest BCUT2D eigenvalue weighted by Gasteiger charge is 2.48. The maximum Gasteiger partial charge on any atom is 0.252 e. The van der Waals surface area contributed by atoms with E-state index in [0.717, 1.165) is 10.6 Å². The molecule has 5 nitrogen and oxygen atoms in total. The van der Waals surface area contributed by atoms with Gasteiger partial charge in [-0.2, -0.15) is 0 Å². The van der Waals surface area contributed by atoms with Crippen LogP contribution in [0.4, 0.5) is 15.2 Å². The van der Waals surface area contributed by atoms with Crippen molar-refractivity contribution in [3.8, 4) is 0 Å². The first-order valence-corrected chi connectivity index (χ1v) is 9.45. The van der Waals surface area contributed by atoms with Crippen LogP contribution < -0.4 is 10.2 Å². The van der Waals surface area contributed by atoms with Gasteiger partial charge in [0.2, 0.25) is 0 Å². The Bertz CT molecular complexity index is 1050. The summed E-state index contributed by atoms with van der Waals surface area (Å²) in [6.07, 6.45) is 0. The van der Waals surface area contributed by atoms with Crippen molar-refractivity contribution in [1.29, 1.82) is 0 Å². The zero-order valence-corrected chi connectivity index (χ0v) is 15.6. The van der Waals surface area contributed by atoms with Crippen LogP contribution in [0, 0.1) is 5.82 Å². The molecule has 1 aromatic heterocycles. The third-order valence-corrected chi connectivity index (χ3v) is 6.52. The van der Waals surface area contributed by atoms with Crippen molar-refractivity contribution in [2.75, 3.05) is 17.3 Å². The van der Waals surface area contributed by atoms with Crippen molar-refractivity contribution in [1.82, 2.24) is 4.98 Å². The number of rotatable bonds is 2. The Labute approximate surface area is 157 Å². The minimum atomic E-state index is -1.31. The largest absolute Gasteiger partial charge is 0.313 e.